The van der Waals surface area contributed by atoms with Crippen molar-refractivity contribution in [1.82, 2.24) is 0 Å². The molecule has 0 radical (unpaired) electrons. The fourth-order valence-corrected chi connectivity index (χ4v) is 2.43. The summed E-state index contributed by atoms with van der Waals surface area (Å²) in [5.41, 5.74) is 3.45. The van der Waals surface area contributed by atoms with Gasteiger partial charge < -0.3 is 15.2 Å². The van der Waals surface area contributed by atoms with Crippen molar-refractivity contribution in [2.24, 2.45) is 0 Å². The standard InChI is InChI=1S/C17H20BrNO2/c1-12-6-7-17(13(2)8-12)19-10-15(20)11-21-16-5-3-4-14(18)9-16/h3-9,15,19-20H,10-11H2,1-2H3. The third kappa shape index (κ3) is 5.06. The number of hydrogen-bond acceptors (Lipinski definition) is 3. The second-order valence-corrected chi connectivity index (χ2v) is 6.04. The first kappa shape index (κ1) is 15.9. The highest BCUT2D eigenvalue weighted by Crippen LogP contribution is 2.18. The van der Waals surface area contributed by atoms with Crippen LogP contribution in [0.1, 0.15) is 11.1 Å². The maximum Gasteiger partial charge on any atom is 0.120 e. The molecule has 0 spiro atoms. The Bertz CT molecular complexity index is 601. The van der Waals surface area contributed by atoms with Gasteiger partial charge in [-0.3, -0.25) is 0 Å². The van der Waals surface area contributed by atoms with Gasteiger partial charge in [0.1, 0.15) is 18.5 Å². The van der Waals surface area contributed by atoms with Crippen molar-refractivity contribution in [3.63, 3.8) is 0 Å². The Morgan fingerprint density at radius 3 is 2.71 bits per heavy atom. The second kappa shape index (κ2) is 7.48. The molecule has 0 bridgehead atoms. The van der Waals surface area contributed by atoms with Crippen molar-refractivity contribution in [3.8, 4) is 5.75 Å². The molecule has 0 saturated carbocycles. The lowest BCUT2D eigenvalue weighted by molar-refractivity contribution is 0.117. The zero-order valence-electron chi connectivity index (χ0n) is 12.3. The first-order chi connectivity index (χ1) is 10.0. The van der Waals surface area contributed by atoms with E-state index in [0.717, 1.165) is 15.9 Å². The molecule has 0 heterocycles. The summed E-state index contributed by atoms with van der Waals surface area (Å²) in [6.45, 7) is 4.84. The molecular weight excluding hydrogens is 330 g/mol. The largest absolute Gasteiger partial charge is 0.491 e. The molecule has 2 N–H and O–H groups in total. The lowest BCUT2D eigenvalue weighted by atomic mass is 10.1. The van der Waals surface area contributed by atoms with Gasteiger partial charge in [0.2, 0.25) is 0 Å². The molecule has 0 fully saturated rings. The first-order valence-electron chi connectivity index (χ1n) is 6.92. The van der Waals surface area contributed by atoms with Gasteiger partial charge in [0.05, 0.1) is 0 Å². The topological polar surface area (TPSA) is 41.5 Å². The van der Waals surface area contributed by atoms with Crippen molar-refractivity contribution in [2.75, 3.05) is 18.5 Å². The highest BCUT2D eigenvalue weighted by Gasteiger charge is 2.06. The summed E-state index contributed by atoms with van der Waals surface area (Å²) in [6.07, 6.45) is -0.565. The fraction of sp³-hybridized carbons (Fsp3) is 0.294. The van der Waals surface area contributed by atoms with E-state index in [1.165, 1.54) is 11.1 Å². The summed E-state index contributed by atoms with van der Waals surface area (Å²) in [7, 11) is 0. The fourth-order valence-electron chi connectivity index (χ4n) is 2.05. The van der Waals surface area contributed by atoms with Crippen molar-refractivity contribution in [1.29, 1.82) is 0 Å². The molecule has 2 aromatic carbocycles. The smallest absolute Gasteiger partial charge is 0.120 e. The van der Waals surface area contributed by atoms with Gasteiger partial charge in [-0.15, -0.1) is 0 Å². The van der Waals surface area contributed by atoms with Gasteiger partial charge in [-0.25, -0.2) is 0 Å². The van der Waals surface area contributed by atoms with Crippen LogP contribution in [0.4, 0.5) is 5.69 Å². The zero-order valence-corrected chi connectivity index (χ0v) is 13.9. The van der Waals surface area contributed by atoms with Crippen LogP contribution < -0.4 is 10.1 Å². The van der Waals surface area contributed by atoms with E-state index in [1.807, 2.05) is 30.3 Å². The molecule has 0 aliphatic carbocycles. The van der Waals surface area contributed by atoms with Gasteiger partial charge in [-0.1, -0.05) is 39.7 Å². The number of nitrogens with one attached hydrogen (secondary N) is 1. The Kier molecular flexibility index (Phi) is 5.65. The SMILES string of the molecule is Cc1ccc(NCC(O)COc2cccc(Br)c2)c(C)c1. The van der Waals surface area contributed by atoms with Crippen LogP contribution >= 0.6 is 15.9 Å². The number of aryl methyl sites for hydroxylation is 2. The van der Waals surface area contributed by atoms with E-state index in [0.29, 0.717) is 6.54 Å². The molecule has 2 rings (SSSR count). The normalized spacial score (nSPS) is 12.0. The number of benzene rings is 2. The molecule has 0 aliphatic heterocycles. The Morgan fingerprint density at radius 2 is 2.00 bits per heavy atom. The minimum absolute atomic E-state index is 0.258. The minimum Gasteiger partial charge on any atom is -0.491 e. The molecule has 3 nitrogen and oxygen atoms in total. The van der Waals surface area contributed by atoms with Crippen molar-refractivity contribution < 1.29 is 9.84 Å². The Hall–Kier alpha value is -1.52. The van der Waals surface area contributed by atoms with E-state index < -0.39 is 6.10 Å². The first-order valence-corrected chi connectivity index (χ1v) is 7.71. The third-order valence-electron chi connectivity index (χ3n) is 3.15. The average molecular weight is 350 g/mol. The van der Waals surface area contributed by atoms with Crippen LogP contribution in [0.2, 0.25) is 0 Å². The third-order valence-corrected chi connectivity index (χ3v) is 3.64. The Balaban J connectivity index is 1.80. The number of anilines is 1. The maximum absolute atomic E-state index is 9.99. The number of halogens is 1. The maximum atomic E-state index is 9.99. The van der Waals surface area contributed by atoms with Gasteiger partial charge in [0.25, 0.3) is 0 Å². The van der Waals surface area contributed by atoms with E-state index in [9.17, 15) is 5.11 Å². The van der Waals surface area contributed by atoms with Crippen LogP contribution in [0.5, 0.6) is 5.75 Å². The number of ether oxygens (including phenoxy) is 1. The highest BCUT2D eigenvalue weighted by molar-refractivity contribution is 9.10. The number of aliphatic hydroxyl groups is 1. The number of hydrogen-bond donors (Lipinski definition) is 2. The van der Waals surface area contributed by atoms with Crippen LogP contribution in [0, 0.1) is 13.8 Å². The van der Waals surface area contributed by atoms with Gasteiger partial charge in [-0.05, 0) is 43.7 Å². The highest BCUT2D eigenvalue weighted by atomic mass is 79.9. The predicted molar refractivity (Wildman–Crippen MR) is 90.0 cm³/mol. The Morgan fingerprint density at radius 1 is 1.19 bits per heavy atom. The van der Waals surface area contributed by atoms with E-state index in [1.54, 1.807) is 0 Å². The molecule has 21 heavy (non-hydrogen) atoms. The van der Waals surface area contributed by atoms with Crippen LogP contribution in [0.3, 0.4) is 0 Å². The summed E-state index contributed by atoms with van der Waals surface area (Å²) in [4.78, 5) is 0. The number of rotatable bonds is 6. The summed E-state index contributed by atoms with van der Waals surface area (Å²) in [5.74, 6) is 0.745. The number of aliphatic hydroxyl groups excluding tert-OH is 1. The quantitative estimate of drug-likeness (QED) is 0.830. The minimum atomic E-state index is -0.565. The van der Waals surface area contributed by atoms with Crippen LogP contribution in [-0.2, 0) is 0 Å². The molecule has 0 amide bonds. The molecule has 112 valence electrons. The van der Waals surface area contributed by atoms with Gasteiger partial charge >= 0.3 is 0 Å². The van der Waals surface area contributed by atoms with Crippen molar-refractivity contribution >= 4 is 21.6 Å². The van der Waals surface area contributed by atoms with E-state index in [2.05, 4.69) is 47.2 Å². The summed E-state index contributed by atoms with van der Waals surface area (Å²) >= 11 is 3.39. The van der Waals surface area contributed by atoms with Crippen LogP contribution in [0.15, 0.2) is 46.9 Å². The molecule has 0 saturated heterocycles. The summed E-state index contributed by atoms with van der Waals surface area (Å²) in [6, 6.07) is 13.8. The van der Waals surface area contributed by atoms with Gasteiger partial charge in [0.15, 0.2) is 0 Å². The molecule has 4 heteroatoms. The van der Waals surface area contributed by atoms with E-state index >= 15 is 0 Å². The lowest BCUT2D eigenvalue weighted by Crippen LogP contribution is -2.26. The molecule has 1 unspecified atom stereocenters. The van der Waals surface area contributed by atoms with E-state index in [4.69, 9.17) is 4.74 Å². The molecular formula is C17H20BrNO2. The molecule has 0 aromatic heterocycles. The monoisotopic (exact) mass is 349 g/mol. The summed E-state index contributed by atoms with van der Waals surface area (Å²) < 4.78 is 6.53. The van der Waals surface area contributed by atoms with Crippen LogP contribution in [-0.4, -0.2) is 24.4 Å². The zero-order chi connectivity index (χ0) is 15.2. The lowest BCUT2D eigenvalue weighted by Gasteiger charge is -2.15. The van der Waals surface area contributed by atoms with Gasteiger partial charge in [-0.2, -0.15) is 0 Å². The molecule has 1 atom stereocenters. The summed E-state index contributed by atoms with van der Waals surface area (Å²) in [5, 5.41) is 13.2. The van der Waals surface area contributed by atoms with Crippen molar-refractivity contribution in [2.45, 2.75) is 20.0 Å². The molecule has 2 aromatic rings. The average Bonchev–Trinajstić information content (AvgIpc) is 2.44. The predicted octanol–water partition coefficient (Wildman–Crippen LogP) is 3.92. The Labute approximate surface area is 134 Å². The molecule has 0 aliphatic rings. The van der Waals surface area contributed by atoms with Gasteiger partial charge in [0, 0.05) is 16.7 Å². The second-order valence-electron chi connectivity index (χ2n) is 5.12. The van der Waals surface area contributed by atoms with Crippen LogP contribution in [0.25, 0.3) is 0 Å². The van der Waals surface area contributed by atoms with Crippen molar-refractivity contribution in [3.05, 3.63) is 58.1 Å². The van der Waals surface area contributed by atoms with E-state index in [-0.39, 0.29) is 6.61 Å².